The number of nitrogen functional groups attached to an aromatic ring is 1. The van der Waals surface area contributed by atoms with Gasteiger partial charge < -0.3 is 10.5 Å². The van der Waals surface area contributed by atoms with E-state index in [1.807, 2.05) is 18.2 Å². The second kappa shape index (κ2) is 5.75. The van der Waals surface area contributed by atoms with Crippen LogP contribution >= 0.6 is 15.9 Å². The fourth-order valence-corrected chi connectivity index (χ4v) is 1.83. The van der Waals surface area contributed by atoms with Crippen LogP contribution in [0.5, 0.6) is 0 Å². The van der Waals surface area contributed by atoms with Crippen molar-refractivity contribution >= 4 is 27.6 Å². The molecule has 3 nitrogen and oxygen atoms in total. The molecule has 0 radical (unpaired) electrons. The van der Waals surface area contributed by atoms with Crippen molar-refractivity contribution in [1.29, 1.82) is 0 Å². The molecule has 2 N–H and O–H groups in total. The minimum atomic E-state index is -0.166. The lowest BCUT2D eigenvalue weighted by atomic mass is 10.1. The molecule has 1 aromatic carbocycles. The fourth-order valence-electron chi connectivity index (χ4n) is 1.24. The summed E-state index contributed by atoms with van der Waals surface area (Å²) in [5.41, 5.74) is 7.39. The van der Waals surface area contributed by atoms with Crippen LogP contribution in [0.1, 0.15) is 18.9 Å². The molecule has 82 valence electrons. The van der Waals surface area contributed by atoms with Gasteiger partial charge in [0.2, 0.25) is 0 Å². The minimum absolute atomic E-state index is 0.166. The van der Waals surface area contributed by atoms with Crippen LogP contribution in [0.15, 0.2) is 22.7 Å². The lowest BCUT2D eigenvalue weighted by Gasteiger charge is -2.05. The predicted molar refractivity (Wildman–Crippen MR) is 63.5 cm³/mol. The van der Waals surface area contributed by atoms with E-state index < -0.39 is 0 Å². The number of esters is 1. The molecule has 0 heterocycles. The summed E-state index contributed by atoms with van der Waals surface area (Å²) in [4.78, 5) is 11.1. The molecule has 1 rings (SSSR count). The van der Waals surface area contributed by atoms with Gasteiger partial charge in [-0.05, 0) is 31.0 Å². The monoisotopic (exact) mass is 271 g/mol. The van der Waals surface area contributed by atoms with E-state index in [1.165, 1.54) is 0 Å². The summed E-state index contributed by atoms with van der Waals surface area (Å²) < 4.78 is 5.79. The largest absolute Gasteiger partial charge is 0.466 e. The normalized spacial score (nSPS) is 10.0. The smallest absolute Gasteiger partial charge is 0.306 e. The highest BCUT2D eigenvalue weighted by molar-refractivity contribution is 9.10. The Morgan fingerprint density at radius 1 is 1.53 bits per heavy atom. The minimum Gasteiger partial charge on any atom is -0.466 e. The summed E-state index contributed by atoms with van der Waals surface area (Å²) >= 11 is 3.40. The number of benzene rings is 1. The van der Waals surface area contributed by atoms with E-state index in [2.05, 4.69) is 15.9 Å². The zero-order chi connectivity index (χ0) is 11.3. The lowest BCUT2D eigenvalue weighted by molar-refractivity contribution is -0.143. The first-order chi connectivity index (χ1) is 7.13. The third-order valence-electron chi connectivity index (χ3n) is 1.98. The zero-order valence-corrected chi connectivity index (χ0v) is 10.2. The van der Waals surface area contributed by atoms with E-state index >= 15 is 0 Å². The van der Waals surface area contributed by atoms with Crippen LogP contribution in [0.2, 0.25) is 0 Å². The lowest BCUT2D eigenvalue weighted by Crippen LogP contribution is -2.05. The van der Waals surface area contributed by atoms with Gasteiger partial charge in [-0.25, -0.2) is 0 Å². The molecule has 0 saturated carbocycles. The number of carbonyl (C=O) groups is 1. The standard InChI is InChI=1S/C11H14BrNO2/c1-2-15-11(14)6-4-8-3-5-9(13)7-10(8)12/h3,5,7H,2,4,6,13H2,1H3. The molecule has 0 fully saturated rings. The molecule has 0 atom stereocenters. The molecule has 0 amide bonds. The summed E-state index contributed by atoms with van der Waals surface area (Å²) in [5.74, 6) is -0.166. The van der Waals surface area contributed by atoms with Gasteiger partial charge in [0.15, 0.2) is 0 Å². The molecule has 4 heteroatoms. The number of hydrogen-bond acceptors (Lipinski definition) is 3. The molecule has 0 aliphatic rings. The van der Waals surface area contributed by atoms with Crippen molar-refractivity contribution in [3.05, 3.63) is 28.2 Å². The van der Waals surface area contributed by atoms with Gasteiger partial charge in [-0.15, -0.1) is 0 Å². The van der Waals surface area contributed by atoms with Crippen molar-refractivity contribution in [1.82, 2.24) is 0 Å². The van der Waals surface area contributed by atoms with Crippen LogP contribution in [0.4, 0.5) is 5.69 Å². The highest BCUT2D eigenvalue weighted by atomic mass is 79.9. The number of nitrogens with two attached hydrogens (primary N) is 1. The third kappa shape index (κ3) is 3.91. The molecule has 0 aliphatic carbocycles. The number of halogens is 1. The fraction of sp³-hybridized carbons (Fsp3) is 0.364. The first-order valence-corrected chi connectivity index (χ1v) is 5.62. The SMILES string of the molecule is CCOC(=O)CCc1ccc(N)cc1Br. The number of ether oxygens (including phenoxy) is 1. The van der Waals surface area contributed by atoms with Crippen LogP contribution in [0.25, 0.3) is 0 Å². The van der Waals surface area contributed by atoms with Crippen LogP contribution in [0, 0.1) is 0 Å². The van der Waals surface area contributed by atoms with Crippen molar-refractivity contribution in [2.24, 2.45) is 0 Å². The quantitative estimate of drug-likeness (QED) is 0.677. The molecule has 1 aromatic rings. The highest BCUT2D eigenvalue weighted by Gasteiger charge is 2.05. The Labute approximate surface area is 97.7 Å². The van der Waals surface area contributed by atoms with E-state index in [0.29, 0.717) is 25.1 Å². The Kier molecular flexibility index (Phi) is 4.62. The Morgan fingerprint density at radius 2 is 2.27 bits per heavy atom. The number of aryl methyl sites for hydroxylation is 1. The Balaban J connectivity index is 2.54. The highest BCUT2D eigenvalue weighted by Crippen LogP contribution is 2.21. The molecule has 0 aromatic heterocycles. The summed E-state index contributed by atoms with van der Waals surface area (Å²) in [6.07, 6.45) is 1.07. The van der Waals surface area contributed by atoms with E-state index in [9.17, 15) is 4.79 Å². The van der Waals surface area contributed by atoms with Crippen molar-refractivity contribution in [3.8, 4) is 0 Å². The number of rotatable bonds is 4. The molecule has 0 saturated heterocycles. The van der Waals surface area contributed by atoms with E-state index in [0.717, 1.165) is 10.0 Å². The molecule has 15 heavy (non-hydrogen) atoms. The molecule has 0 spiro atoms. The van der Waals surface area contributed by atoms with E-state index in [4.69, 9.17) is 10.5 Å². The third-order valence-corrected chi connectivity index (χ3v) is 2.72. The van der Waals surface area contributed by atoms with Crippen molar-refractivity contribution in [3.63, 3.8) is 0 Å². The van der Waals surface area contributed by atoms with Crippen molar-refractivity contribution in [2.45, 2.75) is 19.8 Å². The Morgan fingerprint density at radius 3 is 2.87 bits per heavy atom. The molecular formula is C11H14BrNO2. The van der Waals surface area contributed by atoms with Gasteiger partial charge >= 0.3 is 5.97 Å². The summed E-state index contributed by atoms with van der Waals surface area (Å²) in [6, 6.07) is 5.57. The maximum Gasteiger partial charge on any atom is 0.306 e. The summed E-state index contributed by atoms with van der Waals surface area (Å²) in [7, 11) is 0. The maximum absolute atomic E-state index is 11.1. The number of carbonyl (C=O) groups excluding carboxylic acids is 1. The topological polar surface area (TPSA) is 52.3 Å². The van der Waals surface area contributed by atoms with E-state index in [1.54, 1.807) is 6.92 Å². The molecule has 0 aliphatic heterocycles. The second-order valence-electron chi connectivity index (χ2n) is 3.16. The molecule has 0 bridgehead atoms. The maximum atomic E-state index is 11.1. The number of hydrogen-bond donors (Lipinski definition) is 1. The van der Waals surface area contributed by atoms with Gasteiger partial charge in [0.25, 0.3) is 0 Å². The second-order valence-corrected chi connectivity index (χ2v) is 4.01. The van der Waals surface area contributed by atoms with Gasteiger partial charge in [-0.3, -0.25) is 4.79 Å². The van der Waals surface area contributed by atoms with Crippen LogP contribution < -0.4 is 5.73 Å². The van der Waals surface area contributed by atoms with Crippen LogP contribution in [-0.2, 0) is 16.0 Å². The van der Waals surface area contributed by atoms with Gasteiger partial charge in [0.05, 0.1) is 6.61 Å². The van der Waals surface area contributed by atoms with E-state index in [-0.39, 0.29) is 5.97 Å². The first-order valence-electron chi connectivity index (χ1n) is 4.83. The van der Waals surface area contributed by atoms with Crippen molar-refractivity contribution in [2.75, 3.05) is 12.3 Å². The van der Waals surface area contributed by atoms with Crippen LogP contribution in [-0.4, -0.2) is 12.6 Å². The number of anilines is 1. The molecule has 0 unspecified atom stereocenters. The zero-order valence-electron chi connectivity index (χ0n) is 8.63. The van der Waals surface area contributed by atoms with Gasteiger partial charge in [-0.1, -0.05) is 22.0 Å². The first kappa shape index (κ1) is 12.0. The molecular weight excluding hydrogens is 258 g/mol. The predicted octanol–water partition coefficient (Wildman–Crippen LogP) is 2.53. The van der Waals surface area contributed by atoms with Gasteiger partial charge in [0.1, 0.15) is 0 Å². The average molecular weight is 272 g/mol. The van der Waals surface area contributed by atoms with Gasteiger partial charge in [-0.2, -0.15) is 0 Å². The van der Waals surface area contributed by atoms with Crippen LogP contribution in [0.3, 0.4) is 0 Å². The summed E-state index contributed by atoms with van der Waals surface area (Å²) in [5, 5.41) is 0. The Bertz CT molecular complexity index is 352. The Hall–Kier alpha value is -1.03. The van der Waals surface area contributed by atoms with Crippen molar-refractivity contribution < 1.29 is 9.53 Å². The van der Waals surface area contributed by atoms with Gasteiger partial charge in [0, 0.05) is 16.6 Å². The summed E-state index contributed by atoms with van der Waals surface area (Å²) in [6.45, 7) is 2.23. The average Bonchev–Trinajstić information content (AvgIpc) is 2.17.